The number of hydrogen-bond acceptors (Lipinski definition) is 2. The first-order chi connectivity index (χ1) is 7.79. The summed E-state index contributed by atoms with van der Waals surface area (Å²) in [5, 5.41) is 3.06. The zero-order valence-electron chi connectivity index (χ0n) is 8.91. The minimum atomic E-state index is -0.211. The van der Waals surface area contributed by atoms with E-state index in [1.807, 2.05) is 37.4 Å². The van der Waals surface area contributed by atoms with E-state index in [1.54, 1.807) is 23.9 Å². The van der Waals surface area contributed by atoms with Crippen molar-refractivity contribution in [1.29, 1.82) is 0 Å². The third kappa shape index (κ3) is 2.55. The van der Waals surface area contributed by atoms with E-state index in [0.29, 0.717) is 0 Å². The monoisotopic (exact) mass is 233 g/mol. The smallest absolute Gasteiger partial charge is 0.124 e. The maximum Gasteiger partial charge on any atom is 0.124 e. The molecule has 82 valence electrons. The maximum absolute atomic E-state index is 13.1. The maximum atomic E-state index is 13.1. The highest BCUT2D eigenvalue weighted by atomic mass is 32.2. The zero-order chi connectivity index (χ0) is 11.4. The van der Waals surface area contributed by atoms with Crippen LogP contribution in [-0.2, 0) is 0 Å². The van der Waals surface area contributed by atoms with Gasteiger partial charge < -0.3 is 5.32 Å². The molecule has 0 aliphatic heterocycles. The van der Waals surface area contributed by atoms with Crippen LogP contribution in [0.4, 0.5) is 10.1 Å². The second-order valence-corrected chi connectivity index (χ2v) is 4.42. The Morgan fingerprint density at radius 1 is 1.06 bits per heavy atom. The minimum Gasteiger partial charge on any atom is -0.387 e. The van der Waals surface area contributed by atoms with Gasteiger partial charge in [-0.3, -0.25) is 0 Å². The van der Waals surface area contributed by atoms with Crippen LogP contribution in [0.3, 0.4) is 0 Å². The van der Waals surface area contributed by atoms with Crippen LogP contribution >= 0.6 is 11.8 Å². The predicted molar refractivity (Wildman–Crippen MR) is 66.5 cm³/mol. The van der Waals surface area contributed by atoms with E-state index >= 15 is 0 Å². The van der Waals surface area contributed by atoms with Crippen LogP contribution in [0, 0.1) is 5.82 Å². The Kier molecular flexibility index (Phi) is 3.47. The standard InChI is InChI=1S/C13H12FNS/c1-15-12-8-7-10(14)9-13(12)16-11-5-3-2-4-6-11/h2-9,15H,1H3. The van der Waals surface area contributed by atoms with E-state index < -0.39 is 0 Å². The van der Waals surface area contributed by atoms with E-state index in [1.165, 1.54) is 6.07 Å². The Morgan fingerprint density at radius 2 is 1.81 bits per heavy atom. The lowest BCUT2D eigenvalue weighted by Gasteiger charge is -2.08. The summed E-state index contributed by atoms with van der Waals surface area (Å²) in [6.45, 7) is 0. The lowest BCUT2D eigenvalue weighted by molar-refractivity contribution is 0.624. The van der Waals surface area contributed by atoms with Gasteiger partial charge in [0, 0.05) is 22.5 Å². The topological polar surface area (TPSA) is 12.0 Å². The third-order valence-corrected chi connectivity index (χ3v) is 3.25. The number of anilines is 1. The molecule has 1 N–H and O–H groups in total. The van der Waals surface area contributed by atoms with E-state index in [9.17, 15) is 4.39 Å². The van der Waals surface area contributed by atoms with E-state index in [0.717, 1.165) is 15.5 Å². The Hall–Kier alpha value is -1.48. The first-order valence-corrected chi connectivity index (χ1v) is 5.81. The molecule has 0 saturated carbocycles. The van der Waals surface area contributed by atoms with Gasteiger partial charge in [0.15, 0.2) is 0 Å². The highest BCUT2D eigenvalue weighted by Gasteiger charge is 2.04. The fraction of sp³-hybridized carbons (Fsp3) is 0.0769. The van der Waals surface area contributed by atoms with Crippen molar-refractivity contribution >= 4 is 17.4 Å². The Balaban J connectivity index is 2.30. The van der Waals surface area contributed by atoms with Crippen molar-refractivity contribution in [2.75, 3.05) is 12.4 Å². The molecule has 0 aliphatic carbocycles. The molecule has 0 bridgehead atoms. The fourth-order valence-corrected chi connectivity index (χ4v) is 2.40. The third-order valence-electron chi connectivity index (χ3n) is 2.18. The summed E-state index contributed by atoms with van der Waals surface area (Å²) < 4.78 is 13.1. The van der Waals surface area contributed by atoms with Crippen LogP contribution in [0.2, 0.25) is 0 Å². The predicted octanol–water partition coefficient (Wildman–Crippen LogP) is 4.02. The van der Waals surface area contributed by atoms with Gasteiger partial charge in [-0.15, -0.1) is 0 Å². The Morgan fingerprint density at radius 3 is 2.50 bits per heavy atom. The molecular weight excluding hydrogens is 221 g/mol. The van der Waals surface area contributed by atoms with Crippen LogP contribution in [0.15, 0.2) is 58.3 Å². The molecule has 0 amide bonds. The molecule has 0 unspecified atom stereocenters. The van der Waals surface area contributed by atoms with Crippen molar-refractivity contribution in [2.45, 2.75) is 9.79 Å². The number of benzene rings is 2. The zero-order valence-corrected chi connectivity index (χ0v) is 9.72. The summed E-state index contributed by atoms with van der Waals surface area (Å²) in [6.07, 6.45) is 0. The van der Waals surface area contributed by atoms with Crippen molar-refractivity contribution in [1.82, 2.24) is 0 Å². The van der Waals surface area contributed by atoms with Crippen LogP contribution in [-0.4, -0.2) is 7.05 Å². The summed E-state index contributed by atoms with van der Waals surface area (Å²) in [6, 6.07) is 14.7. The molecule has 0 spiro atoms. The molecule has 2 rings (SSSR count). The first-order valence-electron chi connectivity index (χ1n) is 5.00. The van der Waals surface area contributed by atoms with Crippen molar-refractivity contribution in [3.63, 3.8) is 0 Å². The van der Waals surface area contributed by atoms with Gasteiger partial charge in [-0.25, -0.2) is 4.39 Å². The molecule has 2 aromatic rings. The molecule has 0 aromatic heterocycles. The summed E-state index contributed by atoms with van der Waals surface area (Å²) in [7, 11) is 1.84. The van der Waals surface area contributed by atoms with Gasteiger partial charge in [0.05, 0.1) is 0 Å². The normalized spacial score (nSPS) is 10.1. The summed E-state index contributed by atoms with van der Waals surface area (Å²) >= 11 is 1.55. The molecule has 0 aliphatic rings. The van der Waals surface area contributed by atoms with Crippen molar-refractivity contribution in [3.8, 4) is 0 Å². The number of rotatable bonds is 3. The molecule has 1 nitrogen and oxygen atoms in total. The Bertz CT molecular complexity index is 471. The minimum absolute atomic E-state index is 0.211. The highest BCUT2D eigenvalue weighted by molar-refractivity contribution is 7.99. The molecule has 16 heavy (non-hydrogen) atoms. The second kappa shape index (κ2) is 5.03. The van der Waals surface area contributed by atoms with E-state index in [-0.39, 0.29) is 5.82 Å². The lowest BCUT2D eigenvalue weighted by atomic mass is 10.3. The van der Waals surface area contributed by atoms with Crippen molar-refractivity contribution < 1.29 is 4.39 Å². The quantitative estimate of drug-likeness (QED) is 0.859. The van der Waals surface area contributed by atoms with Crippen LogP contribution in [0.5, 0.6) is 0 Å². The van der Waals surface area contributed by atoms with Gasteiger partial charge in [-0.2, -0.15) is 0 Å². The van der Waals surface area contributed by atoms with Gasteiger partial charge in [-0.1, -0.05) is 30.0 Å². The van der Waals surface area contributed by atoms with Crippen LogP contribution in [0.25, 0.3) is 0 Å². The summed E-state index contributed by atoms with van der Waals surface area (Å²) in [4.78, 5) is 2.00. The largest absolute Gasteiger partial charge is 0.387 e. The number of halogens is 1. The van der Waals surface area contributed by atoms with Crippen LogP contribution < -0.4 is 5.32 Å². The lowest BCUT2D eigenvalue weighted by Crippen LogP contribution is -1.91. The fourth-order valence-electron chi connectivity index (χ4n) is 1.40. The molecule has 0 fully saturated rings. The average molecular weight is 233 g/mol. The molecule has 0 heterocycles. The molecule has 0 saturated heterocycles. The Labute approximate surface area is 98.7 Å². The van der Waals surface area contributed by atoms with Gasteiger partial charge in [0.2, 0.25) is 0 Å². The average Bonchev–Trinajstić information content (AvgIpc) is 2.31. The summed E-state index contributed by atoms with van der Waals surface area (Å²) in [5.74, 6) is -0.211. The first kappa shape index (κ1) is 11.0. The number of hydrogen-bond donors (Lipinski definition) is 1. The van der Waals surface area contributed by atoms with Crippen LogP contribution in [0.1, 0.15) is 0 Å². The van der Waals surface area contributed by atoms with Gasteiger partial charge >= 0.3 is 0 Å². The molecule has 0 atom stereocenters. The molecule has 2 aromatic carbocycles. The molecule has 0 radical (unpaired) electrons. The van der Waals surface area contributed by atoms with Crippen molar-refractivity contribution in [3.05, 3.63) is 54.3 Å². The summed E-state index contributed by atoms with van der Waals surface area (Å²) in [5.41, 5.74) is 0.940. The van der Waals surface area contributed by atoms with E-state index in [2.05, 4.69) is 5.32 Å². The van der Waals surface area contributed by atoms with E-state index in [4.69, 9.17) is 0 Å². The molecule has 3 heteroatoms. The highest BCUT2D eigenvalue weighted by Crippen LogP contribution is 2.33. The number of nitrogens with one attached hydrogen (secondary N) is 1. The van der Waals surface area contributed by atoms with Crippen molar-refractivity contribution in [2.24, 2.45) is 0 Å². The van der Waals surface area contributed by atoms with Gasteiger partial charge in [0.1, 0.15) is 5.82 Å². The molecular formula is C13H12FNS. The van der Waals surface area contributed by atoms with Gasteiger partial charge in [-0.05, 0) is 30.3 Å². The second-order valence-electron chi connectivity index (χ2n) is 3.31. The SMILES string of the molecule is CNc1ccc(F)cc1Sc1ccccc1. The van der Waals surface area contributed by atoms with Gasteiger partial charge in [0.25, 0.3) is 0 Å².